The van der Waals surface area contributed by atoms with E-state index in [1.54, 1.807) is 12.3 Å². The summed E-state index contributed by atoms with van der Waals surface area (Å²) in [6.45, 7) is 1.79. The molecule has 2 heterocycles. The zero-order valence-corrected chi connectivity index (χ0v) is 10.4. The van der Waals surface area contributed by atoms with E-state index in [2.05, 4.69) is 4.99 Å². The summed E-state index contributed by atoms with van der Waals surface area (Å²) in [5.74, 6) is -0.605. The number of piperidine rings is 1. The van der Waals surface area contributed by atoms with Crippen molar-refractivity contribution in [2.75, 3.05) is 20.1 Å². The molecule has 0 aromatic heterocycles. The molecular formula is C14H16F2N2. The summed E-state index contributed by atoms with van der Waals surface area (Å²) in [5.41, 5.74) is 2.37. The van der Waals surface area contributed by atoms with Crippen molar-refractivity contribution < 1.29 is 8.78 Å². The molecule has 1 saturated heterocycles. The van der Waals surface area contributed by atoms with Gasteiger partial charge in [-0.05, 0) is 43.3 Å². The quantitative estimate of drug-likeness (QED) is 0.747. The standard InChI is InChI=1S/C14H16F2N2/c1-18-3-2-11(14(16)8-18)12-4-9-6-17-7-10(9)5-13(12)15/h4-5,7,11,14H,2-3,6,8H2,1H3. The molecule has 2 nitrogen and oxygen atoms in total. The molecular weight excluding hydrogens is 234 g/mol. The molecule has 0 radical (unpaired) electrons. The second-order valence-electron chi connectivity index (χ2n) is 5.22. The summed E-state index contributed by atoms with van der Waals surface area (Å²) in [7, 11) is 1.90. The summed E-state index contributed by atoms with van der Waals surface area (Å²) >= 11 is 0. The van der Waals surface area contributed by atoms with Gasteiger partial charge in [0.25, 0.3) is 0 Å². The molecule has 2 aliphatic heterocycles. The topological polar surface area (TPSA) is 15.6 Å². The van der Waals surface area contributed by atoms with Crippen molar-refractivity contribution in [3.05, 3.63) is 34.6 Å². The molecule has 0 saturated carbocycles. The Hall–Kier alpha value is -1.29. The van der Waals surface area contributed by atoms with Crippen LogP contribution in [0.1, 0.15) is 29.0 Å². The smallest absolute Gasteiger partial charge is 0.127 e. The van der Waals surface area contributed by atoms with Crippen LogP contribution in [0.15, 0.2) is 17.1 Å². The number of hydrogen-bond acceptors (Lipinski definition) is 2. The van der Waals surface area contributed by atoms with Gasteiger partial charge in [-0.3, -0.25) is 4.99 Å². The minimum atomic E-state index is -0.987. The highest BCUT2D eigenvalue weighted by atomic mass is 19.1. The molecule has 2 aliphatic rings. The predicted molar refractivity (Wildman–Crippen MR) is 67.4 cm³/mol. The Labute approximate surface area is 105 Å². The monoisotopic (exact) mass is 250 g/mol. The van der Waals surface area contributed by atoms with Crippen molar-refractivity contribution in [1.29, 1.82) is 0 Å². The van der Waals surface area contributed by atoms with Gasteiger partial charge in [-0.15, -0.1) is 0 Å². The minimum Gasteiger partial charge on any atom is -0.303 e. The van der Waals surface area contributed by atoms with Crippen LogP contribution in [-0.2, 0) is 6.54 Å². The number of alkyl halides is 1. The maximum atomic E-state index is 14.1. The summed E-state index contributed by atoms with van der Waals surface area (Å²) in [5, 5.41) is 0. The molecule has 2 unspecified atom stereocenters. The van der Waals surface area contributed by atoms with Crippen LogP contribution >= 0.6 is 0 Å². The lowest BCUT2D eigenvalue weighted by atomic mass is 9.86. The van der Waals surface area contributed by atoms with E-state index in [1.165, 1.54) is 6.07 Å². The Morgan fingerprint density at radius 1 is 1.39 bits per heavy atom. The fraction of sp³-hybridized carbons (Fsp3) is 0.500. The molecule has 1 aromatic rings. The van der Waals surface area contributed by atoms with Crippen LogP contribution in [0.2, 0.25) is 0 Å². The van der Waals surface area contributed by atoms with Crippen LogP contribution in [-0.4, -0.2) is 37.4 Å². The van der Waals surface area contributed by atoms with E-state index in [9.17, 15) is 8.78 Å². The average Bonchev–Trinajstić information content (AvgIpc) is 2.75. The number of benzene rings is 1. The van der Waals surface area contributed by atoms with Gasteiger partial charge in [-0.2, -0.15) is 0 Å². The Balaban J connectivity index is 1.93. The number of rotatable bonds is 1. The van der Waals surface area contributed by atoms with E-state index >= 15 is 0 Å². The second kappa shape index (κ2) is 4.43. The van der Waals surface area contributed by atoms with Gasteiger partial charge in [-0.25, -0.2) is 8.78 Å². The fourth-order valence-electron chi connectivity index (χ4n) is 2.84. The van der Waals surface area contributed by atoms with Crippen LogP contribution < -0.4 is 0 Å². The molecule has 18 heavy (non-hydrogen) atoms. The van der Waals surface area contributed by atoms with Gasteiger partial charge >= 0.3 is 0 Å². The first-order valence-corrected chi connectivity index (χ1v) is 6.30. The Kier molecular flexibility index (Phi) is 2.90. The number of hydrogen-bond donors (Lipinski definition) is 0. The SMILES string of the molecule is CN1CCC(c2cc3c(cc2F)C=NC3)C(F)C1. The van der Waals surface area contributed by atoms with Gasteiger partial charge in [0, 0.05) is 24.2 Å². The Bertz CT molecular complexity index is 499. The lowest BCUT2D eigenvalue weighted by Crippen LogP contribution is -2.38. The summed E-state index contributed by atoms with van der Waals surface area (Å²) in [6.07, 6.45) is 1.37. The molecule has 1 aromatic carbocycles. The highest BCUT2D eigenvalue weighted by Gasteiger charge is 2.31. The predicted octanol–water partition coefficient (Wildman–Crippen LogP) is 2.52. The van der Waals surface area contributed by atoms with Gasteiger partial charge in [0.1, 0.15) is 12.0 Å². The maximum absolute atomic E-state index is 14.1. The average molecular weight is 250 g/mol. The zero-order chi connectivity index (χ0) is 12.7. The number of halogens is 2. The Morgan fingerprint density at radius 2 is 2.22 bits per heavy atom. The van der Waals surface area contributed by atoms with E-state index < -0.39 is 6.17 Å². The third-order valence-electron chi connectivity index (χ3n) is 3.89. The molecule has 0 N–H and O–H groups in total. The summed E-state index contributed by atoms with van der Waals surface area (Å²) in [6, 6.07) is 3.30. The summed E-state index contributed by atoms with van der Waals surface area (Å²) < 4.78 is 28.1. The van der Waals surface area contributed by atoms with Gasteiger partial charge in [0.2, 0.25) is 0 Å². The normalized spacial score (nSPS) is 27.5. The van der Waals surface area contributed by atoms with Crippen molar-refractivity contribution in [1.82, 2.24) is 4.90 Å². The van der Waals surface area contributed by atoms with E-state index in [1.807, 2.05) is 11.9 Å². The van der Waals surface area contributed by atoms with Gasteiger partial charge in [-0.1, -0.05) is 0 Å². The zero-order valence-electron chi connectivity index (χ0n) is 10.4. The maximum Gasteiger partial charge on any atom is 0.127 e. The van der Waals surface area contributed by atoms with Crippen LogP contribution in [0.25, 0.3) is 0 Å². The number of nitrogens with zero attached hydrogens (tertiary/aromatic N) is 2. The van der Waals surface area contributed by atoms with E-state index in [-0.39, 0.29) is 11.7 Å². The third-order valence-corrected chi connectivity index (χ3v) is 3.89. The van der Waals surface area contributed by atoms with Gasteiger partial charge in [0.05, 0.1) is 6.54 Å². The van der Waals surface area contributed by atoms with E-state index in [0.29, 0.717) is 25.1 Å². The largest absolute Gasteiger partial charge is 0.303 e. The molecule has 4 heteroatoms. The lowest BCUT2D eigenvalue weighted by Gasteiger charge is -2.32. The molecule has 0 spiro atoms. The molecule has 1 fully saturated rings. The van der Waals surface area contributed by atoms with Crippen molar-refractivity contribution in [3.8, 4) is 0 Å². The van der Waals surface area contributed by atoms with Crippen molar-refractivity contribution in [2.24, 2.45) is 4.99 Å². The number of fused-ring (bicyclic) bond motifs is 1. The third kappa shape index (κ3) is 1.94. The number of likely N-dealkylation sites (tertiary alicyclic amines) is 1. The van der Waals surface area contributed by atoms with Crippen LogP contribution in [0.3, 0.4) is 0 Å². The first kappa shape index (κ1) is 11.8. The van der Waals surface area contributed by atoms with Gasteiger partial charge in [0.15, 0.2) is 0 Å². The van der Waals surface area contributed by atoms with E-state index in [0.717, 1.165) is 17.7 Å². The molecule has 0 amide bonds. The second-order valence-corrected chi connectivity index (χ2v) is 5.22. The van der Waals surface area contributed by atoms with Crippen molar-refractivity contribution in [3.63, 3.8) is 0 Å². The van der Waals surface area contributed by atoms with Crippen LogP contribution in [0, 0.1) is 5.82 Å². The van der Waals surface area contributed by atoms with Gasteiger partial charge < -0.3 is 4.90 Å². The van der Waals surface area contributed by atoms with Crippen molar-refractivity contribution >= 4 is 6.21 Å². The van der Waals surface area contributed by atoms with Crippen molar-refractivity contribution in [2.45, 2.75) is 25.1 Å². The Morgan fingerprint density at radius 3 is 3.00 bits per heavy atom. The highest BCUT2D eigenvalue weighted by Crippen LogP contribution is 2.33. The van der Waals surface area contributed by atoms with E-state index in [4.69, 9.17) is 0 Å². The lowest BCUT2D eigenvalue weighted by molar-refractivity contribution is 0.137. The molecule has 0 aliphatic carbocycles. The first-order valence-electron chi connectivity index (χ1n) is 6.30. The van der Waals surface area contributed by atoms with Crippen LogP contribution in [0.4, 0.5) is 8.78 Å². The summed E-state index contributed by atoms with van der Waals surface area (Å²) in [4.78, 5) is 6.07. The fourth-order valence-corrected chi connectivity index (χ4v) is 2.84. The first-order chi connectivity index (χ1) is 8.65. The molecule has 96 valence electrons. The molecule has 3 rings (SSSR count). The highest BCUT2D eigenvalue weighted by molar-refractivity contribution is 5.84. The molecule has 0 bridgehead atoms. The minimum absolute atomic E-state index is 0.292. The van der Waals surface area contributed by atoms with Crippen LogP contribution in [0.5, 0.6) is 0 Å². The number of aliphatic imine (C=N–C) groups is 1. The molecule has 2 atom stereocenters.